The molecule has 4 saturated carbocycles. The standard InChI is InChI=1S/C19H32O2/c1-18-7-6-16-15(17(18)10-14(21)11-18)4-3-12-9-13(20)5-8-19(12,16)2/h12-17,20-21H,3-11H2,1-2H3/t12-,13-,14-,15+,16-,17-,18+,19-/m0/s1. The lowest BCUT2D eigenvalue weighted by molar-refractivity contribution is -0.120. The second kappa shape index (κ2) is 4.71. The van der Waals surface area contributed by atoms with Crippen LogP contribution in [0.1, 0.15) is 71.6 Å². The molecule has 4 aliphatic rings. The van der Waals surface area contributed by atoms with E-state index < -0.39 is 0 Å². The first-order chi connectivity index (χ1) is 9.92. The molecule has 0 radical (unpaired) electrons. The lowest BCUT2D eigenvalue weighted by Crippen LogP contribution is -2.53. The van der Waals surface area contributed by atoms with Crippen molar-refractivity contribution in [2.75, 3.05) is 0 Å². The highest BCUT2D eigenvalue weighted by molar-refractivity contribution is 5.08. The van der Waals surface area contributed by atoms with Crippen molar-refractivity contribution in [1.82, 2.24) is 0 Å². The number of hydrogen-bond donors (Lipinski definition) is 2. The zero-order chi connectivity index (χ0) is 14.8. The minimum absolute atomic E-state index is 0.0400. The van der Waals surface area contributed by atoms with Gasteiger partial charge in [0.25, 0.3) is 0 Å². The number of rotatable bonds is 0. The first kappa shape index (κ1) is 14.5. The van der Waals surface area contributed by atoms with Crippen molar-refractivity contribution in [3.05, 3.63) is 0 Å². The van der Waals surface area contributed by atoms with Crippen molar-refractivity contribution >= 4 is 0 Å². The minimum atomic E-state index is -0.0440. The lowest BCUT2D eigenvalue weighted by atomic mass is 9.45. The number of aliphatic hydroxyl groups excluding tert-OH is 2. The summed E-state index contributed by atoms with van der Waals surface area (Å²) in [6.07, 6.45) is 10.7. The van der Waals surface area contributed by atoms with E-state index in [1.54, 1.807) is 0 Å². The Balaban J connectivity index is 1.62. The summed E-state index contributed by atoms with van der Waals surface area (Å²) < 4.78 is 0. The topological polar surface area (TPSA) is 40.5 Å². The third kappa shape index (κ3) is 2.05. The van der Waals surface area contributed by atoms with Crippen molar-refractivity contribution in [2.24, 2.45) is 34.5 Å². The Morgan fingerprint density at radius 1 is 0.810 bits per heavy atom. The van der Waals surface area contributed by atoms with Gasteiger partial charge in [-0.05, 0) is 92.3 Å². The average molecular weight is 292 g/mol. The van der Waals surface area contributed by atoms with Crippen molar-refractivity contribution < 1.29 is 10.2 Å². The van der Waals surface area contributed by atoms with Gasteiger partial charge in [-0.2, -0.15) is 0 Å². The van der Waals surface area contributed by atoms with Gasteiger partial charge >= 0.3 is 0 Å². The summed E-state index contributed by atoms with van der Waals surface area (Å²) in [5.74, 6) is 3.21. The van der Waals surface area contributed by atoms with E-state index in [4.69, 9.17) is 0 Å². The second-order valence-electron chi connectivity index (χ2n) is 9.37. The van der Waals surface area contributed by atoms with Gasteiger partial charge in [0.05, 0.1) is 12.2 Å². The van der Waals surface area contributed by atoms with Gasteiger partial charge in [0, 0.05) is 0 Å². The molecule has 0 unspecified atom stereocenters. The molecule has 0 heterocycles. The Labute approximate surface area is 129 Å². The highest BCUT2D eigenvalue weighted by Crippen LogP contribution is 2.66. The van der Waals surface area contributed by atoms with Crippen LogP contribution in [-0.4, -0.2) is 22.4 Å². The fourth-order valence-electron chi connectivity index (χ4n) is 7.26. The molecule has 0 aromatic carbocycles. The van der Waals surface area contributed by atoms with Crippen LogP contribution in [-0.2, 0) is 0 Å². The maximum absolute atomic E-state index is 10.2. The maximum Gasteiger partial charge on any atom is 0.0548 e. The van der Waals surface area contributed by atoms with Crippen LogP contribution in [0.4, 0.5) is 0 Å². The SMILES string of the molecule is C[C@]12CC[C@H]3[C@@H](CC[C@H]4C[C@@H](O)CC[C@@]43C)[C@@H]1C[C@H](O)C2. The first-order valence-electron chi connectivity index (χ1n) is 9.28. The molecule has 0 aromatic heterocycles. The lowest BCUT2D eigenvalue weighted by Gasteiger charge is -2.60. The predicted octanol–water partition coefficient (Wildman–Crippen LogP) is 3.75. The summed E-state index contributed by atoms with van der Waals surface area (Å²) in [5, 5.41) is 20.3. The molecule has 0 aliphatic heterocycles. The summed E-state index contributed by atoms with van der Waals surface area (Å²) in [6, 6.07) is 0. The highest BCUT2D eigenvalue weighted by Gasteiger charge is 2.58. The predicted molar refractivity (Wildman–Crippen MR) is 83.7 cm³/mol. The molecule has 8 atom stereocenters. The van der Waals surface area contributed by atoms with Crippen LogP contribution in [0.5, 0.6) is 0 Å². The third-order valence-electron chi connectivity index (χ3n) is 8.38. The zero-order valence-corrected chi connectivity index (χ0v) is 13.7. The van der Waals surface area contributed by atoms with Gasteiger partial charge in [-0.1, -0.05) is 13.8 Å². The molecule has 21 heavy (non-hydrogen) atoms. The molecule has 4 rings (SSSR count). The fraction of sp³-hybridized carbons (Fsp3) is 1.00. The average Bonchev–Trinajstić information content (AvgIpc) is 2.74. The van der Waals surface area contributed by atoms with E-state index in [2.05, 4.69) is 13.8 Å². The van der Waals surface area contributed by atoms with Crippen LogP contribution in [0.25, 0.3) is 0 Å². The fourth-order valence-corrected chi connectivity index (χ4v) is 7.26. The van der Waals surface area contributed by atoms with Gasteiger partial charge in [0.1, 0.15) is 0 Å². The molecule has 4 aliphatic carbocycles. The number of fused-ring (bicyclic) bond motifs is 5. The molecular formula is C19H32O2. The summed E-state index contributed by atoms with van der Waals surface area (Å²) in [7, 11) is 0. The highest BCUT2D eigenvalue weighted by atomic mass is 16.3. The third-order valence-corrected chi connectivity index (χ3v) is 8.38. The molecule has 2 heteroatoms. The summed E-state index contributed by atoms with van der Waals surface area (Å²) in [6.45, 7) is 4.98. The molecular weight excluding hydrogens is 260 g/mol. The Hall–Kier alpha value is -0.0800. The van der Waals surface area contributed by atoms with Gasteiger partial charge in [-0.3, -0.25) is 0 Å². The molecule has 120 valence electrons. The van der Waals surface area contributed by atoms with Crippen LogP contribution < -0.4 is 0 Å². The molecule has 0 spiro atoms. The van der Waals surface area contributed by atoms with Gasteiger partial charge in [0.2, 0.25) is 0 Å². The quantitative estimate of drug-likeness (QED) is 0.714. The monoisotopic (exact) mass is 292 g/mol. The Kier molecular flexibility index (Phi) is 3.25. The van der Waals surface area contributed by atoms with E-state index in [0.29, 0.717) is 10.8 Å². The van der Waals surface area contributed by atoms with Gasteiger partial charge in [0.15, 0.2) is 0 Å². The molecule has 0 amide bonds. The summed E-state index contributed by atoms with van der Waals surface area (Å²) in [4.78, 5) is 0. The Morgan fingerprint density at radius 2 is 1.62 bits per heavy atom. The molecule has 0 aromatic rings. The zero-order valence-electron chi connectivity index (χ0n) is 13.7. The van der Waals surface area contributed by atoms with Gasteiger partial charge < -0.3 is 10.2 Å². The van der Waals surface area contributed by atoms with Crippen LogP contribution in [0, 0.1) is 34.5 Å². The first-order valence-corrected chi connectivity index (χ1v) is 9.28. The van der Waals surface area contributed by atoms with E-state index in [1.165, 1.54) is 32.1 Å². The van der Waals surface area contributed by atoms with Gasteiger partial charge in [-0.15, -0.1) is 0 Å². The van der Waals surface area contributed by atoms with E-state index in [-0.39, 0.29) is 12.2 Å². The second-order valence-corrected chi connectivity index (χ2v) is 9.37. The Bertz CT molecular complexity index is 422. The van der Waals surface area contributed by atoms with Gasteiger partial charge in [-0.25, -0.2) is 0 Å². The van der Waals surface area contributed by atoms with E-state index in [1.807, 2.05) is 0 Å². The van der Waals surface area contributed by atoms with Crippen LogP contribution >= 0.6 is 0 Å². The molecule has 4 fully saturated rings. The van der Waals surface area contributed by atoms with Crippen molar-refractivity contribution in [3.63, 3.8) is 0 Å². The maximum atomic E-state index is 10.2. The smallest absolute Gasteiger partial charge is 0.0548 e. The van der Waals surface area contributed by atoms with Crippen molar-refractivity contribution in [3.8, 4) is 0 Å². The van der Waals surface area contributed by atoms with Crippen molar-refractivity contribution in [2.45, 2.75) is 83.8 Å². The number of aliphatic hydroxyl groups is 2. The summed E-state index contributed by atoms with van der Waals surface area (Å²) in [5.41, 5.74) is 0.884. The molecule has 2 N–H and O–H groups in total. The van der Waals surface area contributed by atoms with Crippen LogP contribution in [0.2, 0.25) is 0 Å². The molecule has 2 nitrogen and oxygen atoms in total. The van der Waals surface area contributed by atoms with Crippen LogP contribution in [0.3, 0.4) is 0 Å². The largest absolute Gasteiger partial charge is 0.393 e. The minimum Gasteiger partial charge on any atom is -0.393 e. The van der Waals surface area contributed by atoms with E-state index in [0.717, 1.165) is 49.4 Å². The van der Waals surface area contributed by atoms with Crippen molar-refractivity contribution in [1.29, 1.82) is 0 Å². The molecule has 0 bridgehead atoms. The normalized spacial score (nSPS) is 60.0. The Morgan fingerprint density at radius 3 is 2.43 bits per heavy atom. The summed E-state index contributed by atoms with van der Waals surface area (Å²) >= 11 is 0. The van der Waals surface area contributed by atoms with Crippen LogP contribution in [0.15, 0.2) is 0 Å². The van der Waals surface area contributed by atoms with E-state index in [9.17, 15) is 10.2 Å². The molecule has 0 saturated heterocycles. The van der Waals surface area contributed by atoms with E-state index >= 15 is 0 Å². The number of hydrogen-bond acceptors (Lipinski definition) is 2.